The average molecular weight is 538 g/mol. The third-order valence-corrected chi connectivity index (χ3v) is 8.91. The Balaban J connectivity index is 0.000000266. The first-order chi connectivity index (χ1) is 16.8. The third-order valence-electron chi connectivity index (χ3n) is 5.53. The maximum atomic E-state index is 12.4. The molecule has 5 rings (SSSR count). The molecule has 4 aliphatic heterocycles. The molecule has 186 valence electrons. The van der Waals surface area contributed by atoms with E-state index < -0.39 is 29.3 Å². The highest BCUT2D eigenvalue weighted by Crippen LogP contribution is 2.40. The number of carbonyl (C=O) groups excluding carboxylic acids is 4. The number of esters is 1. The summed E-state index contributed by atoms with van der Waals surface area (Å²) < 4.78 is 4.87. The Morgan fingerprint density at radius 1 is 1.26 bits per heavy atom. The first-order valence-electron chi connectivity index (χ1n) is 10.7. The third kappa shape index (κ3) is 5.57. The van der Waals surface area contributed by atoms with Crippen LogP contribution in [0.1, 0.15) is 18.2 Å². The molecule has 2 fully saturated rings. The number of nitrogens with zero attached hydrogens (tertiary/aromatic N) is 2. The van der Waals surface area contributed by atoms with E-state index in [-0.39, 0.29) is 30.5 Å². The van der Waals surface area contributed by atoms with Crippen molar-refractivity contribution in [2.24, 2.45) is 0 Å². The van der Waals surface area contributed by atoms with Crippen LogP contribution in [0.3, 0.4) is 0 Å². The van der Waals surface area contributed by atoms with Crippen LogP contribution < -0.4 is 5.32 Å². The molecule has 13 heteroatoms. The van der Waals surface area contributed by atoms with Crippen LogP contribution in [0.4, 0.5) is 0 Å². The van der Waals surface area contributed by atoms with Crippen LogP contribution in [0, 0.1) is 0 Å². The number of hydrogen-bond acceptors (Lipinski definition) is 9. The van der Waals surface area contributed by atoms with Crippen molar-refractivity contribution in [3.05, 3.63) is 45.9 Å². The summed E-state index contributed by atoms with van der Waals surface area (Å²) in [6.07, 6.45) is 4.85. The molecule has 0 spiro atoms. The summed E-state index contributed by atoms with van der Waals surface area (Å²) in [4.78, 5) is 61.7. The molecule has 0 radical (unpaired) electrons. The molecule has 0 unspecified atom stereocenters. The van der Waals surface area contributed by atoms with Crippen molar-refractivity contribution in [2.45, 2.75) is 36.6 Å². The summed E-state index contributed by atoms with van der Waals surface area (Å²) in [6, 6.07) is 2.92. The number of carboxylic acids is 1. The lowest BCUT2D eigenvalue weighted by atomic mass is 10.0. The summed E-state index contributed by atoms with van der Waals surface area (Å²) in [6.45, 7) is 1.06. The number of thioether (sulfide) groups is 2. The van der Waals surface area contributed by atoms with Crippen LogP contribution in [-0.4, -0.2) is 79.5 Å². The van der Waals surface area contributed by atoms with Crippen molar-refractivity contribution in [2.75, 3.05) is 18.1 Å². The predicted molar refractivity (Wildman–Crippen MR) is 131 cm³/mol. The number of hydrogen-bond donors (Lipinski definition) is 2. The van der Waals surface area contributed by atoms with Gasteiger partial charge in [0.2, 0.25) is 11.8 Å². The number of fused-ring (bicyclic) bond motifs is 2. The van der Waals surface area contributed by atoms with Crippen LogP contribution >= 0.6 is 34.9 Å². The van der Waals surface area contributed by atoms with Crippen LogP contribution in [0.25, 0.3) is 0 Å². The first kappa shape index (κ1) is 25.3. The second kappa shape index (κ2) is 10.9. The molecule has 0 bridgehead atoms. The molecule has 35 heavy (non-hydrogen) atoms. The Hall–Kier alpha value is -2.77. The molecule has 0 saturated carbocycles. The minimum absolute atomic E-state index is 0.163. The van der Waals surface area contributed by atoms with Crippen molar-refractivity contribution in [1.29, 1.82) is 0 Å². The summed E-state index contributed by atoms with van der Waals surface area (Å²) in [7, 11) is 0. The molecule has 3 atom stereocenters. The quantitative estimate of drug-likeness (QED) is 0.408. The van der Waals surface area contributed by atoms with E-state index in [1.807, 2.05) is 41.6 Å². The number of amides is 3. The molecule has 4 aliphatic rings. The van der Waals surface area contributed by atoms with Crippen LogP contribution in [0.2, 0.25) is 0 Å². The van der Waals surface area contributed by atoms with E-state index in [2.05, 4.69) is 5.32 Å². The van der Waals surface area contributed by atoms with E-state index in [0.29, 0.717) is 16.7 Å². The highest BCUT2D eigenvalue weighted by Gasteiger charge is 2.54. The Kier molecular flexibility index (Phi) is 7.87. The van der Waals surface area contributed by atoms with Crippen molar-refractivity contribution in [3.63, 3.8) is 0 Å². The molecule has 0 aliphatic carbocycles. The second-order valence-corrected chi connectivity index (χ2v) is 11.3. The molecule has 3 amide bonds. The summed E-state index contributed by atoms with van der Waals surface area (Å²) in [5.41, 5.74) is 0.203. The van der Waals surface area contributed by atoms with Gasteiger partial charge in [-0.3, -0.25) is 24.1 Å². The largest absolute Gasteiger partial charge is 0.477 e. The summed E-state index contributed by atoms with van der Waals surface area (Å²) in [5, 5.41) is 14.0. The van der Waals surface area contributed by atoms with Gasteiger partial charge >= 0.3 is 11.9 Å². The van der Waals surface area contributed by atoms with Crippen LogP contribution in [0.15, 0.2) is 41.1 Å². The molecular formula is C22H23N3O7S3. The van der Waals surface area contributed by atoms with E-state index in [1.165, 1.54) is 30.0 Å². The van der Waals surface area contributed by atoms with E-state index in [4.69, 9.17) is 4.74 Å². The normalized spacial score (nSPS) is 24.3. The Morgan fingerprint density at radius 3 is 2.66 bits per heavy atom. The minimum atomic E-state index is -1.26. The molecule has 1 aromatic heterocycles. The Morgan fingerprint density at radius 2 is 2.06 bits per heavy atom. The number of nitrogens with one attached hydrogen (secondary N) is 1. The van der Waals surface area contributed by atoms with Gasteiger partial charge in [0.1, 0.15) is 23.7 Å². The van der Waals surface area contributed by atoms with Gasteiger partial charge in [-0.15, -0.1) is 34.9 Å². The van der Waals surface area contributed by atoms with Gasteiger partial charge < -0.3 is 20.1 Å². The smallest absolute Gasteiger partial charge is 0.352 e. The van der Waals surface area contributed by atoms with Gasteiger partial charge in [-0.1, -0.05) is 12.1 Å². The topological polar surface area (TPSA) is 133 Å². The number of β-lactam (4-membered cyclic amide) rings is 2. The number of ether oxygens (including phenoxy) is 1. The summed E-state index contributed by atoms with van der Waals surface area (Å²) in [5.74, 6) is -0.896. The molecule has 2 N–H and O–H groups in total. The maximum Gasteiger partial charge on any atom is 0.352 e. The lowest BCUT2D eigenvalue weighted by Gasteiger charge is -2.49. The SMILES string of the molecule is CC(=O)OCC1=C(C(=O)O)N2C(=O)[C@@H](NC(=O)Cc3cccs3)[C@H]2SC1.O=C1C[C@H]2SCC=CN12. The van der Waals surface area contributed by atoms with E-state index in [0.717, 1.165) is 22.0 Å². The van der Waals surface area contributed by atoms with Gasteiger partial charge in [0.25, 0.3) is 5.91 Å². The predicted octanol–water partition coefficient (Wildman–Crippen LogP) is 1.40. The fraction of sp³-hybridized carbons (Fsp3) is 0.409. The average Bonchev–Trinajstić information content (AvgIpc) is 3.33. The highest BCUT2D eigenvalue weighted by atomic mass is 32.2. The van der Waals surface area contributed by atoms with Gasteiger partial charge in [-0.2, -0.15) is 0 Å². The standard InChI is InChI=1S/C16H16N2O6S2.C6H7NOS/c1-8(19)24-6-9-7-26-15-12(14(21)18(15)13(9)16(22)23)17-11(20)5-10-3-2-4-25-10;8-5-4-6-7(5)2-1-3-9-6/h2-4,12,15H,5-7H2,1H3,(H,17,20)(H,22,23);1-2,6H,3-4H2/t12-,15-;6-/m11/s1. The lowest BCUT2D eigenvalue weighted by Crippen LogP contribution is -2.70. The molecular weight excluding hydrogens is 514 g/mol. The van der Waals surface area contributed by atoms with E-state index in [9.17, 15) is 29.1 Å². The van der Waals surface area contributed by atoms with E-state index >= 15 is 0 Å². The van der Waals surface area contributed by atoms with Crippen LogP contribution in [0.5, 0.6) is 0 Å². The zero-order valence-electron chi connectivity index (χ0n) is 18.7. The zero-order chi connectivity index (χ0) is 25.1. The number of thiophene rings is 1. The highest BCUT2D eigenvalue weighted by molar-refractivity contribution is 8.00. The minimum Gasteiger partial charge on any atom is -0.477 e. The van der Waals surface area contributed by atoms with Crippen molar-refractivity contribution >= 4 is 64.5 Å². The number of aliphatic carboxylic acids is 1. The molecule has 2 saturated heterocycles. The van der Waals surface area contributed by atoms with Crippen molar-refractivity contribution < 1.29 is 33.8 Å². The van der Waals surface area contributed by atoms with Crippen molar-refractivity contribution in [1.82, 2.24) is 15.1 Å². The molecule has 1 aromatic rings. The van der Waals surface area contributed by atoms with Gasteiger partial charge in [0.05, 0.1) is 18.2 Å². The fourth-order valence-electron chi connectivity index (χ4n) is 3.82. The lowest BCUT2D eigenvalue weighted by molar-refractivity contribution is -0.151. The number of carbonyl (C=O) groups is 5. The maximum absolute atomic E-state index is 12.4. The summed E-state index contributed by atoms with van der Waals surface area (Å²) >= 11 is 4.62. The van der Waals surface area contributed by atoms with Gasteiger partial charge in [-0.05, 0) is 11.4 Å². The monoisotopic (exact) mass is 537 g/mol. The fourth-order valence-corrected chi connectivity index (χ4v) is 6.88. The number of rotatable bonds is 6. The van der Waals surface area contributed by atoms with Gasteiger partial charge in [0, 0.05) is 35.1 Å². The Bertz CT molecular complexity index is 1100. The molecule has 5 heterocycles. The second-order valence-electron chi connectivity index (χ2n) is 7.93. The van der Waals surface area contributed by atoms with Gasteiger partial charge in [0.15, 0.2) is 0 Å². The number of carboxylic acid groups (broad SMARTS) is 1. The molecule has 0 aromatic carbocycles. The zero-order valence-corrected chi connectivity index (χ0v) is 21.1. The van der Waals surface area contributed by atoms with Crippen molar-refractivity contribution in [3.8, 4) is 0 Å². The van der Waals surface area contributed by atoms with Gasteiger partial charge in [-0.25, -0.2) is 4.79 Å². The first-order valence-corrected chi connectivity index (χ1v) is 13.7. The van der Waals surface area contributed by atoms with Crippen LogP contribution in [-0.2, 0) is 35.1 Å². The molecule has 10 nitrogen and oxygen atoms in total. The van der Waals surface area contributed by atoms with E-state index in [1.54, 1.807) is 4.90 Å². The Labute approximate surface area is 213 Å².